The van der Waals surface area contributed by atoms with Crippen molar-refractivity contribution >= 4 is 5.91 Å². The lowest BCUT2D eigenvalue weighted by Gasteiger charge is -2.35. The molecule has 2 saturated heterocycles. The van der Waals surface area contributed by atoms with Crippen LogP contribution < -0.4 is 0 Å². The number of nitrogens with zero attached hydrogens (tertiary/aromatic N) is 3. The van der Waals surface area contributed by atoms with Gasteiger partial charge in [-0.3, -0.25) is 4.79 Å². The molecule has 0 aromatic carbocycles. The highest BCUT2D eigenvalue weighted by atomic mass is 16.5. The Balaban J connectivity index is 1.22. The Labute approximate surface area is 151 Å². The molecule has 138 valence electrons. The number of carbonyl (C=O) groups is 1. The summed E-state index contributed by atoms with van der Waals surface area (Å²) in [4.78, 5) is 14.6. The standard InChI is InChI=1S/C19H23N3O4/c1-11-14(5-7-24-11)19(23)22-6-4-15-13(9-22)10-25-16(15)8-17-20-21-18(26-17)12-2-3-12/h5,7,12-13,15-16H,2-4,6,8-10H2,1H3/t13-,15-,16+/m1/s1. The summed E-state index contributed by atoms with van der Waals surface area (Å²) in [5.74, 6) is 3.51. The van der Waals surface area contributed by atoms with Gasteiger partial charge in [0, 0.05) is 24.9 Å². The van der Waals surface area contributed by atoms with Gasteiger partial charge in [0.1, 0.15) is 5.76 Å². The number of piperidine rings is 1. The predicted molar refractivity (Wildman–Crippen MR) is 90.7 cm³/mol. The Kier molecular flexibility index (Phi) is 3.85. The van der Waals surface area contributed by atoms with E-state index < -0.39 is 0 Å². The lowest BCUT2D eigenvalue weighted by molar-refractivity contribution is 0.0602. The fourth-order valence-corrected chi connectivity index (χ4v) is 4.28. The van der Waals surface area contributed by atoms with Gasteiger partial charge in [-0.05, 0) is 38.2 Å². The van der Waals surface area contributed by atoms with Crippen molar-refractivity contribution in [2.24, 2.45) is 11.8 Å². The van der Waals surface area contributed by atoms with Crippen LogP contribution in [-0.4, -0.2) is 46.8 Å². The van der Waals surface area contributed by atoms with Crippen LogP contribution in [0, 0.1) is 18.8 Å². The molecular weight excluding hydrogens is 334 g/mol. The van der Waals surface area contributed by atoms with Crippen LogP contribution >= 0.6 is 0 Å². The van der Waals surface area contributed by atoms with Crippen LogP contribution in [0.15, 0.2) is 21.2 Å². The normalized spacial score (nSPS) is 28.3. The number of ether oxygens (including phenoxy) is 1. The van der Waals surface area contributed by atoms with Crippen LogP contribution in [0.2, 0.25) is 0 Å². The smallest absolute Gasteiger partial charge is 0.257 e. The molecule has 1 amide bonds. The maximum absolute atomic E-state index is 12.7. The minimum Gasteiger partial charge on any atom is -0.469 e. The Bertz CT molecular complexity index is 809. The Morgan fingerprint density at radius 1 is 1.31 bits per heavy atom. The van der Waals surface area contributed by atoms with E-state index >= 15 is 0 Å². The van der Waals surface area contributed by atoms with E-state index in [1.54, 1.807) is 12.3 Å². The van der Waals surface area contributed by atoms with Crippen molar-refractivity contribution in [1.29, 1.82) is 0 Å². The van der Waals surface area contributed by atoms with Gasteiger partial charge in [0.2, 0.25) is 11.8 Å². The summed E-state index contributed by atoms with van der Waals surface area (Å²) in [6.45, 7) is 4.01. The Morgan fingerprint density at radius 2 is 2.19 bits per heavy atom. The third-order valence-corrected chi connectivity index (χ3v) is 5.96. The molecule has 0 unspecified atom stereocenters. The van der Waals surface area contributed by atoms with Crippen LogP contribution in [0.4, 0.5) is 0 Å². The second-order valence-electron chi connectivity index (χ2n) is 7.74. The number of aromatic nitrogens is 2. The van der Waals surface area contributed by atoms with E-state index in [1.165, 1.54) is 0 Å². The summed E-state index contributed by atoms with van der Waals surface area (Å²) in [6, 6.07) is 1.75. The first-order valence-electron chi connectivity index (χ1n) is 9.46. The quantitative estimate of drug-likeness (QED) is 0.836. The molecule has 4 heterocycles. The Hall–Kier alpha value is -2.15. The fraction of sp³-hybridized carbons (Fsp3) is 0.632. The summed E-state index contributed by atoms with van der Waals surface area (Å²) in [5, 5.41) is 8.36. The first-order chi connectivity index (χ1) is 12.7. The molecule has 5 rings (SSSR count). The molecule has 0 radical (unpaired) electrons. The highest BCUT2D eigenvalue weighted by Gasteiger charge is 2.43. The van der Waals surface area contributed by atoms with Crippen molar-refractivity contribution in [3.8, 4) is 0 Å². The number of rotatable bonds is 4. The summed E-state index contributed by atoms with van der Waals surface area (Å²) < 4.78 is 17.1. The van der Waals surface area contributed by atoms with Gasteiger partial charge in [-0.2, -0.15) is 0 Å². The average molecular weight is 357 g/mol. The van der Waals surface area contributed by atoms with Crippen molar-refractivity contribution in [2.75, 3.05) is 19.7 Å². The number of hydrogen-bond acceptors (Lipinski definition) is 6. The second kappa shape index (κ2) is 6.23. The Morgan fingerprint density at radius 3 is 2.96 bits per heavy atom. The molecule has 2 aliphatic heterocycles. The van der Waals surface area contributed by atoms with Crippen molar-refractivity contribution in [1.82, 2.24) is 15.1 Å². The average Bonchev–Trinajstić information content (AvgIpc) is 3.05. The van der Waals surface area contributed by atoms with E-state index in [0.29, 0.717) is 48.0 Å². The molecular formula is C19H23N3O4. The fourth-order valence-electron chi connectivity index (χ4n) is 4.28. The molecule has 26 heavy (non-hydrogen) atoms. The summed E-state index contributed by atoms with van der Waals surface area (Å²) >= 11 is 0. The van der Waals surface area contributed by atoms with Crippen molar-refractivity contribution in [3.05, 3.63) is 35.4 Å². The number of carbonyl (C=O) groups excluding carboxylic acids is 1. The van der Waals surface area contributed by atoms with Gasteiger partial charge >= 0.3 is 0 Å². The number of furan rings is 1. The van der Waals surface area contributed by atoms with Crippen LogP contribution in [-0.2, 0) is 11.2 Å². The van der Waals surface area contributed by atoms with Crippen LogP contribution in [0.25, 0.3) is 0 Å². The zero-order valence-corrected chi connectivity index (χ0v) is 14.9. The molecule has 3 atom stereocenters. The van der Waals surface area contributed by atoms with Gasteiger partial charge < -0.3 is 18.5 Å². The lowest BCUT2D eigenvalue weighted by atomic mass is 9.83. The molecule has 0 N–H and O–H groups in total. The summed E-state index contributed by atoms with van der Waals surface area (Å²) in [7, 11) is 0. The predicted octanol–water partition coefficient (Wildman–Crippen LogP) is 2.57. The number of aryl methyl sites for hydroxylation is 1. The van der Waals surface area contributed by atoms with E-state index in [9.17, 15) is 4.79 Å². The van der Waals surface area contributed by atoms with Crippen LogP contribution in [0.1, 0.15) is 53.1 Å². The van der Waals surface area contributed by atoms with Gasteiger partial charge in [0.05, 0.1) is 31.0 Å². The lowest BCUT2D eigenvalue weighted by Crippen LogP contribution is -2.44. The molecule has 0 bridgehead atoms. The molecule has 2 aromatic heterocycles. The highest BCUT2D eigenvalue weighted by Crippen LogP contribution is 2.40. The van der Waals surface area contributed by atoms with Gasteiger partial charge in [0.15, 0.2) is 0 Å². The van der Waals surface area contributed by atoms with E-state index in [0.717, 1.165) is 38.2 Å². The highest BCUT2D eigenvalue weighted by molar-refractivity contribution is 5.95. The van der Waals surface area contributed by atoms with Gasteiger partial charge in [0.25, 0.3) is 5.91 Å². The molecule has 1 aliphatic carbocycles. The van der Waals surface area contributed by atoms with Gasteiger partial charge in [-0.25, -0.2) is 0 Å². The van der Waals surface area contributed by atoms with Crippen LogP contribution in [0.5, 0.6) is 0 Å². The molecule has 3 fully saturated rings. The zero-order valence-electron chi connectivity index (χ0n) is 14.9. The number of amides is 1. The second-order valence-corrected chi connectivity index (χ2v) is 7.74. The minimum atomic E-state index is 0.0594. The van der Waals surface area contributed by atoms with E-state index in [1.807, 2.05) is 11.8 Å². The minimum absolute atomic E-state index is 0.0594. The van der Waals surface area contributed by atoms with E-state index in [2.05, 4.69) is 10.2 Å². The first-order valence-corrected chi connectivity index (χ1v) is 9.46. The maximum Gasteiger partial charge on any atom is 0.257 e. The molecule has 7 heteroatoms. The van der Waals surface area contributed by atoms with Gasteiger partial charge in [-0.15, -0.1) is 10.2 Å². The third kappa shape index (κ3) is 2.84. The topological polar surface area (TPSA) is 81.6 Å². The van der Waals surface area contributed by atoms with Crippen molar-refractivity contribution in [3.63, 3.8) is 0 Å². The SMILES string of the molecule is Cc1occc1C(=O)N1CC[C@@H]2[C@@H](CO[C@H]2Cc2nnc(C3CC3)o2)C1. The molecule has 2 aromatic rings. The molecule has 0 spiro atoms. The first kappa shape index (κ1) is 16.1. The molecule has 7 nitrogen and oxygen atoms in total. The maximum atomic E-state index is 12.7. The summed E-state index contributed by atoms with van der Waals surface area (Å²) in [6.07, 6.45) is 5.63. The van der Waals surface area contributed by atoms with Crippen molar-refractivity contribution < 1.29 is 18.4 Å². The van der Waals surface area contributed by atoms with Crippen molar-refractivity contribution in [2.45, 2.75) is 44.6 Å². The third-order valence-electron chi connectivity index (χ3n) is 5.96. The van der Waals surface area contributed by atoms with Crippen LogP contribution in [0.3, 0.4) is 0 Å². The van der Waals surface area contributed by atoms with E-state index in [4.69, 9.17) is 13.6 Å². The largest absolute Gasteiger partial charge is 0.469 e. The van der Waals surface area contributed by atoms with E-state index in [-0.39, 0.29) is 12.0 Å². The zero-order chi connectivity index (χ0) is 17.7. The van der Waals surface area contributed by atoms with Gasteiger partial charge in [-0.1, -0.05) is 0 Å². The number of hydrogen-bond donors (Lipinski definition) is 0. The number of likely N-dealkylation sites (tertiary alicyclic amines) is 1. The molecule has 1 saturated carbocycles. The number of fused-ring (bicyclic) bond motifs is 1. The monoisotopic (exact) mass is 357 g/mol. The molecule has 3 aliphatic rings. The summed E-state index contributed by atoms with van der Waals surface area (Å²) in [5.41, 5.74) is 0.664.